The first-order valence-electron chi connectivity index (χ1n) is 9.63. The topological polar surface area (TPSA) is 9.23 Å². The average molecular weight is 325 g/mol. The van der Waals surface area contributed by atoms with Crippen LogP contribution in [0.1, 0.15) is 63.9 Å². The van der Waals surface area contributed by atoms with E-state index in [9.17, 15) is 0 Å². The second-order valence-electron chi connectivity index (χ2n) is 6.55. The molecule has 0 radical (unpaired) electrons. The summed E-state index contributed by atoms with van der Waals surface area (Å²) in [5.41, 5.74) is 3.83. The van der Waals surface area contributed by atoms with Gasteiger partial charge in [-0.1, -0.05) is 106 Å². The number of ether oxygens (including phenoxy) is 1. The number of rotatable bonds is 12. The van der Waals surface area contributed by atoms with Gasteiger partial charge in [0.25, 0.3) is 0 Å². The molecule has 0 aliphatic heterocycles. The minimum absolute atomic E-state index is 0.710. The molecule has 0 saturated carbocycles. The zero-order chi connectivity index (χ0) is 16.9. The van der Waals surface area contributed by atoms with Gasteiger partial charge < -0.3 is 4.74 Å². The summed E-state index contributed by atoms with van der Waals surface area (Å²) < 4.78 is 5.93. The molecule has 2 aromatic carbocycles. The van der Waals surface area contributed by atoms with Crippen LogP contribution >= 0.6 is 0 Å². The van der Waals surface area contributed by atoms with E-state index in [-0.39, 0.29) is 0 Å². The van der Waals surface area contributed by atoms with Crippen molar-refractivity contribution in [2.45, 2.75) is 64.9 Å². The summed E-state index contributed by atoms with van der Waals surface area (Å²) in [4.78, 5) is 0. The molecule has 130 valence electrons. The van der Waals surface area contributed by atoms with Gasteiger partial charge in [-0.2, -0.15) is 0 Å². The van der Waals surface area contributed by atoms with Gasteiger partial charge in [0.05, 0.1) is 6.61 Å². The fraction of sp³-hybridized carbons (Fsp3) is 0.478. The van der Waals surface area contributed by atoms with Crippen molar-refractivity contribution in [3.8, 4) is 11.1 Å². The monoisotopic (exact) mass is 324 g/mol. The van der Waals surface area contributed by atoms with Crippen molar-refractivity contribution in [3.05, 3.63) is 60.2 Å². The lowest BCUT2D eigenvalue weighted by atomic mass is 10.0. The highest BCUT2D eigenvalue weighted by molar-refractivity contribution is 5.66. The molecule has 0 saturated heterocycles. The molecule has 0 atom stereocenters. The van der Waals surface area contributed by atoms with Crippen molar-refractivity contribution in [1.29, 1.82) is 0 Å². The van der Waals surface area contributed by atoms with Crippen LogP contribution in [-0.2, 0) is 11.3 Å². The van der Waals surface area contributed by atoms with Gasteiger partial charge in [-0.15, -0.1) is 0 Å². The van der Waals surface area contributed by atoms with Crippen LogP contribution in [0.2, 0.25) is 0 Å². The van der Waals surface area contributed by atoms with E-state index in [1.54, 1.807) is 0 Å². The summed E-state index contributed by atoms with van der Waals surface area (Å²) in [5.74, 6) is 0. The molecule has 0 spiro atoms. The molecule has 0 aliphatic rings. The van der Waals surface area contributed by atoms with Crippen molar-refractivity contribution < 1.29 is 4.74 Å². The lowest BCUT2D eigenvalue weighted by Gasteiger charge is -2.10. The Kier molecular flexibility index (Phi) is 9.26. The molecule has 0 bridgehead atoms. The second-order valence-corrected chi connectivity index (χ2v) is 6.55. The van der Waals surface area contributed by atoms with Gasteiger partial charge in [0.15, 0.2) is 0 Å². The summed E-state index contributed by atoms with van der Waals surface area (Å²) >= 11 is 0. The first-order chi connectivity index (χ1) is 11.9. The van der Waals surface area contributed by atoms with E-state index in [4.69, 9.17) is 4.74 Å². The third-order valence-corrected chi connectivity index (χ3v) is 4.50. The van der Waals surface area contributed by atoms with Crippen molar-refractivity contribution >= 4 is 0 Å². The summed E-state index contributed by atoms with van der Waals surface area (Å²) in [6.07, 6.45) is 10.8. The van der Waals surface area contributed by atoms with E-state index in [1.165, 1.54) is 68.1 Å². The predicted octanol–water partition coefficient (Wildman–Crippen LogP) is 7.01. The van der Waals surface area contributed by atoms with Crippen molar-refractivity contribution in [3.63, 3.8) is 0 Å². The average Bonchev–Trinajstić information content (AvgIpc) is 2.64. The Morgan fingerprint density at radius 3 is 2.04 bits per heavy atom. The Balaban J connectivity index is 1.65. The van der Waals surface area contributed by atoms with Gasteiger partial charge >= 0.3 is 0 Å². The van der Waals surface area contributed by atoms with Gasteiger partial charge in [0.1, 0.15) is 0 Å². The van der Waals surface area contributed by atoms with Crippen LogP contribution < -0.4 is 0 Å². The van der Waals surface area contributed by atoms with Crippen molar-refractivity contribution in [1.82, 2.24) is 0 Å². The molecular weight excluding hydrogens is 292 g/mol. The smallest absolute Gasteiger partial charge is 0.0722 e. The molecule has 2 aromatic rings. The van der Waals surface area contributed by atoms with Crippen LogP contribution in [-0.4, -0.2) is 6.61 Å². The van der Waals surface area contributed by atoms with E-state index in [0.717, 1.165) is 6.61 Å². The maximum Gasteiger partial charge on any atom is 0.0722 e. The predicted molar refractivity (Wildman–Crippen MR) is 104 cm³/mol. The first-order valence-corrected chi connectivity index (χ1v) is 9.63. The molecule has 1 nitrogen and oxygen atoms in total. The Bertz CT molecular complexity index is 547. The highest BCUT2D eigenvalue weighted by Crippen LogP contribution is 2.24. The zero-order valence-electron chi connectivity index (χ0n) is 15.2. The molecule has 24 heavy (non-hydrogen) atoms. The van der Waals surface area contributed by atoms with Crippen LogP contribution in [0.4, 0.5) is 0 Å². The van der Waals surface area contributed by atoms with Crippen LogP contribution in [0.3, 0.4) is 0 Å². The number of unbranched alkanes of at least 4 members (excludes halogenated alkanes) is 7. The van der Waals surface area contributed by atoms with Crippen LogP contribution in [0.15, 0.2) is 54.6 Å². The number of hydrogen-bond acceptors (Lipinski definition) is 1. The van der Waals surface area contributed by atoms with E-state index in [0.29, 0.717) is 6.61 Å². The van der Waals surface area contributed by atoms with Crippen LogP contribution in [0.25, 0.3) is 11.1 Å². The van der Waals surface area contributed by atoms with Crippen LogP contribution in [0, 0.1) is 0 Å². The molecule has 0 N–H and O–H groups in total. The molecule has 0 unspecified atom stereocenters. The molecule has 1 heteroatoms. The number of benzene rings is 2. The molecular formula is C23H32O. The highest BCUT2D eigenvalue weighted by Gasteiger charge is 2.04. The molecule has 2 rings (SSSR count). The number of hydrogen-bond donors (Lipinski definition) is 0. The van der Waals surface area contributed by atoms with E-state index < -0.39 is 0 Å². The fourth-order valence-electron chi connectivity index (χ4n) is 3.07. The third-order valence-electron chi connectivity index (χ3n) is 4.50. The molecule has 0 aromatic heterocycles. The highest BCUT2D eigenvalue weighted by atomic mass is 16.5. The maximum atomic E-state index is 5.93. The van der Waals surface area contributed by atoms with Crippen molar-refractivity contribution in [2.24, 2.45) is 0 Å². The summed E-state index contributed by atoms with van der Waals surface area (Å²) in [5, 5.41) is 0. The van der Waals surface area contributed by atoms with Gasteiger partial charge in [-0.3, -0.25) is 0 Å². The molecule has 0 amide bonds. The fourth-order valence-corrected chi connectivity index (χ4v) is 3.07. The minimum atomic E-state index is 0.710. The minimum Gasteiger partial charge on any atom is -0.377 e. The Hall–Kier alpha value is -1.60. The quantitative estimate of drug-likeness (QED) is 0.381. The molecule has 0 fully saturated rings. The Labute approximate surface area is 148 Å². The summed E-state index contributed by atoms with van der Waals surface area (Å²) in [7, 11) is 0. The lowest BCUT2D eigenvalue weighted by molar-refractivity contribution is 0.117. The van der Waals surface area contributed by atoms with Gasteiger partial charge in [-0.25, -0.2) is 0 Å². The van der Waals surface area contributed by atoms with E-state index in [2.05, 4.69) is 61.5 Å². The Morgan fingerprint density at radius 1 is 0.667 bits per heavy atom. The summed E-state index contributed by atoms with van der Waals surface area (Å²) in [6, 6.07) is 19.1. The first kappa shape index (κ1) is 18.7. The van der Waals surface area contributed by atoms with Gasteiger partial charge in [-0.05, 0) is 23.1 Å². The lowest BCUT2D eigenvalue weighted by Crippen LogP contribution is -1.97. The van der Waals surface area contributed by atoms with E-state index in [1.807, 2.05) is 0 Å². The van der Waals surface area contributed by atoms with Gasteiger partial charge in [0, 0.05) is 6.61 Å². The standard InChI is InChI=1S/C23H32O/c1-2-3-4-5-6-7-8-14-19-24-20-22-17-12-13-18-23(22)21-15-10-9-11-16-21/h9-13,15-18H,2-8,14,19-20H2,1H3. The van der Waals surface area contributed by atoms with Crippen LogP contribution in [0.5, 0.6) is 0 Å². The van der Waals surface area contributed by atoms with Gasteiger partial charge in [0.2, 0.25) is 0 Å². The molecule has 0 aliphatic carbocycles. The van der Waals surface area contributed by atoms with Crippen molar-refractivity contribution in [2.75, 3.05) is 6.61 Å². The Morgan fingerprint density at radius 2 is 1.29 bits per heavy atom. The SMILES string of the molecule is CCCCCCCCCCOCc1ccccc1-c1ccccc1. The zero-order valence-corrected chi connectivity index (χ0v) is 15.2. The molecule has 0 heterocycles. The maximum absolute atomic E-state index is 5.93. The second kappa shape index (κ2) is 11.9. The third kappa shape index (κ3) is 6.88. The normalized spacial score (nSPS) is 10.9. The largest absolute Gasteiger partial charge is 0.377 e. The summed E-state index contributed by atoms with van der Waals surface area (Å²) in [6.45, 7) is 3.85. The van der Waals surface area contributed by atoms with E-state index >= 15 is 0 Å².